The molecule has 0 atom stereocenters. The first-order valence-electron chi connectivity index (χ1n) is 12.4. The Morgan fingerprint density at radius 1 is 1.11 bits per heavy atom. The van der Waals surface area contributed by atoms with Gasteiger partial charge in [0.15, 0.2) is 0 Å². The van der Waals surface area contributed by atoms with Gasteiger partial charge < -0.3 is 15.4 Å². The third-order valence-electron chi connectivity index (χ3n) is 7.06. The summed E-state index contributed by atoms with van der Waals surface area (Å²) in [6.07, 6.45) is -0.199. The average molecular weight is 531 g/mol. The third-order valence-corrected chi connectivity index (χ3v) is 7.87. The molecule has 6 nitrogen and oxygen atoms in total. The number of ether oxygens (including phenoxy) is 1. The summed E-state index contributed by atoms with van der Waals surface area (Å²) in [5.41, 5.74) is -0.162. The minimum atomic E-state index is -4.42. The van der Waals surface area contributed by atoms with Gasteiger partial charge in [-0.05, 0) is 67.0 Å². The molecular weight excluding hydrogens is 501 g/mol. The molecule has 0 bridgehead atoms. The highest BCUT2D eigenvalue weighted by molar-refractivity contribution is 7.13. The molecule has 2 aromatic carbocycles. The third kappa shape index (κ3) is 6.07. The van der Waals surface area contributed by atoms with E-state index in [0.29, 0.717) is 11.6 Å². The maximum absolute atomic E-state index is 12.9. The van der Waals surface area contributed by atoms with Crippen LogP contribution in [0, 0.1) is 0 Å². The number of fused-ring (bicyclic) bond motifs is 1. The van der Waals surface area contributed by atoms with E-state index in [9.17, 15) is 18.0 Å². The van der Waals surface area contributed by atoms with Crippen molar-refractivity contribution in [2.24, 2.45) is 0 Å². The van der Waals surface area contributed by atoms with Gasteiger partial charge in [-0.3, -0.25) is 9.69 Å². The molecule has 0 unspecified atom stereocenters. The lowest BCUT2D eigenvalue weighted by Gasteiger charge is -2.46. The topological polar surface area (TPSA) is 66.5 Å². The molecule has 196 valence electrons. The van der Waals surface area contributed by atoms with Gasteiger partial charge in [-0.1, -0.05) is 30.8 Å². The summed E-state index contributed by atoms with van der Waals surface area (Å²) < 4.78 is 50.6. The van der Waals surface area contributed by atoms with Gasteiger partial charge >= 0.3 is 6.18 Å². The lowest BCUT2D eigenvalue weighted by molar-refractivity contribution is -0.137. The van der Waals surface area contributed by atoms with E-state index in [0.717, 1.165) is 66.9 Å². The Balaban J connectivity index is 1.01. The van der Waals surface area contributed by atoms with Gasteiger partial charge in [0.1, 0.15) is 6.10 Å². The zero-order valence-electron chi connectivity index (χ0n) is 20.3. The standard InChI is InChI=1S/C27H29F3N4O2S/c1-17(18-5-4-6-19(13-18)27(28,29)30)31-14-25(35)32-20-15-34(16-20)21-9-11-22(12-10-21)36-26-23-7-2-3-8-24(23)37-33-26/h2-8,13,20-22,31H,1,9-12,14-16H2,(H,32,35)/t21-,22+. The summed E-state index contributed by atoms with van der Waals surface area (Å²) in [6, 6.07) is 13.6. The lowest BCUT2D eigenvalue weighted by atomic mass is 9.89. The quantitative estimate of drug-likeness (QED) is 0.426. The van der Waals surface area contributed by atoms with Crippen molar-refractivity contribution in [1.29, 1.82) is 0 Å². The first-order valence-corrected chi connectivity index (χ1v) is 13.2. The molecule has 1 saturated heterocycles. The van der Waals surface area contributed by atoms with Crippen LogP contribution in [0.5, 0.6) is 5.88 Å². The number of alkyl halides is 3. The molecule has 1 aliphatic carbocycles. The molecule has 2 N–H and O–H groups in total. The van der Waals surface area contributed by atoms with Crippen molar-refractivity contribution in [3.05, 3.63) is 66.2 Å². The molecule has 1 aromatic heterocycles. The van der Waals surface area contributed by atoms with E-state index in [1.165, 1.54) is 23.7 Å². The van der Waals surface area contributed by atoms with Crippen LogP contribution >= 0.6 is 11.5 Å². The van der Waals surface area contributed by atoms with Crippen LogP contribution in [0.1, 0.15) is 36.8 Å². The van der Waals surface area contributed by atoms with Crippen LogP contribution < -0.4 is 15.4 Å². The number of hydrogen-bond acceptors (Lipinski definition) is 6. The summed E-state index contributed by atoms with van der Waals surface area (Å²) in [5.74, 6) is 0.533. The van der Waals surface area contributed by atoms with Gasteiger partial charge in [0, 0.05) is 24.8 Å². The molecule has 0 spiro atoms. The second-order valence-electron chi connectivity index (χ2n) is 9.66. The number of nitrogens with zero attached hydrogens (tertiary/aromatic N) is 2. The minimum Gasteiger partial charge on any atom is -0.473 e. The molecule has 2 fully saturated rings. The molecule has 1 aliphatic heterocycles. The Morgan fingerprint density at radius 3 is 2.62 bits per heavy atom. The predicted molar refractivity (Wildman–Crippen MR) is 138 cm³/mol. The average Bonchev–Trinajstić information content (AvgIpc) is 3.27. The van der Waals surface area contributed by atoms with E-state index in [4.69, 9.17) is 4.74 Å². The molecule has 1 saturated carbocycles. The number of amides is 1. The van der Waals surface area contributed by atoms with Gasteiger partial charge in [0.2, 0.25) is 11.8 Å². The Labute approximate surface area is 217 Å². The number of hydrogen-bond donors (Lipinski definition) is 2. The highest BCUT2D eigenvalue weighted by Crippen LogP contribution is 2.33. The second-order valence-corrected chi connectivity index (χ2v) is 10.5. The number of carbonyl (C=O) groups is 1. The predicted octanol–water partition coefficient (Wildman–Crippen LogP) is 5.07. The fourth-order valence-corrected chi connectivity index (χ4v) is 5.70. The highest BCUT2D eigenvalue weighted by atomic mass is 32.1. The van der Waals surface area contributed by atoms with E-state index >= 15 is 0 Å². The minimum absolute atomic E-state index is 0.0423. The molecule has 0 radical (unpaired) electrons. The molecule has 37 heavy (non-hydrogen) atoms. The largest absolute Gasteiger partial charge is 0.473 e. The van der Waals surface area contributed by atoms with Crippen molar-refractivity contribution in [2.75, 3.05) is 19.6 Å². The SMILES string of the molecule is C=C(NCC(=O)NC1CN([C@H]2CC[C@@H](Oc3nsc4ccccc34)CC2)C1)c1cccc(C(F)(F)F)c1. The van der Waals surface area contributed by atoms with Crippen LogP contribution in [0.4, 0.5) is 13.2 Å². The molecule has 2 heterocycles. The van der Waals surface area contributed by atoms with E-state index in [2.05, 4.69) is 32.6 Å². The van der Waals surface area contributed by atoms with E-state index in [-0.39, 0.29) is 30.3 Å². The highest BCUT2D eigenvalue weighted by Gasteiger charge is 2.36. The number of carbonyl (C=O) groups excluding carboxylic acids is 1. The molecular formula is C27H29F3N4O2S. The number of nitrogens with one attached hydrogen (secondary N) is 2. The fourth-order valence-electron chi connectivity index (χ4n) is 4.99. The Kier molecular flexibility index (Phi) is 7.39. The first kappa shape index (κ1) is 25.5. The van der Waals surface area contributed by atoms with Crippen LogP contribution in [0.3, 0.4) is 0 Å². The van der Waals surface area contributed by atoms with Gasteiger partial charge in [-0.2, -0.15) is 17.5 Å². The van der Waals surface area contributed by atoms with Crippen LogP contribution in [0.15, 0.2) is 55.1 Å². The van der Waals surface area contributed by atoms with Gasteiger partial charge in [0.25, 0.3) is 0 Å². The van der Waals surface area contributed by atoms with Crippen LogP contribution in [-0.2, 0) is 11.0 Å². The molecule has 2 aliphatic rings. The summed E-state index contributed by atoms with van der Waals surface area (Å²) in [7, 11) is 0. The van der Waals surface area contributed by atoms with E-state index in [1.807, 2.05) is 18.2 Å². The van der Waals surface area contributed by atoms with Crippen molar-refractivity contribution >= 4 is 33.2 Å². The zero-order chi connectivity index (χ0) is 26.0. The summed E-state index contributed by atoms with van der Waals surface area (Å²) in [4.78, 5) is 14.7. The molecule has 3 aromatic rings. The van der Waals surface area contributed by atoms with Crippen molar-refractivity contribution in [1.82, 2.24) is 19.9 Å². The number of rotatable bonds is 8. The Bertz CT molecular complexity index is 1260. The van der Waals surface area contributed by atoms with Crippen LogP contribution in [0.2, 0.25) is 0 Å². The monoisotopic (exact) mass is 530 g/mol. The van der Waals surface area contributed by atoms with E-state index < -0.39 is 11.7 Å². The summed E-state index contributed by atoms with van der Waals surface area (Å²) >= 11 is 1.46. The fraction of sp³-hybridized carbons (Fsp3) is 0.407. The second kappa shape index (κ2) is 10.7. The Hall–Kier alpha value is -3.11. The van der Waals surface area contributed by atoms with Gasteiger partial charge in [0.05, 0.1) is 28.2 Å². The number of halogens is 3. The summed E-state index contributed by atoms with van der Waals surface area (Å²) in [5, 5.41) is 6.89. The number of likely N-dealkylation sites (tertiary alicyclic amines) is 1. The van der Waals surface area contributed by atoms with Crippen LogP contribution in [0.25, 0.3) is 15.8 Å². The molecule has 5 rings (SSSR count). The normalized spacial score (nSPS) is 20.8. The van der Waals surface area contributed by atoms with Crippen molar-refractivity contribution in [3.63, 3.8) is 0 Å². The zero-order valence-corrected chi connectivity index (χ0v) is 21.1. The number of benzene rings is 2. The van der Waals surface area contributed by atoms with Gasteiger partial charge in [-0.25, -0.2) is 0 Å². The van der Waals surface area contributed by atoms with Crippen molar-refractivity contribution in [2.45, 2.75) is 50.0 Å². The van der Waals surface area contributed by atoms with Crippen molar-refractivity contribution < 1.29 is 22.7 Å². The lowest BCUT2D eigenvalue weighted by Crippen LogP contribution is -2.63. The maximum Gasteiger partial charge on any atom is 0.416 e. The first-order chi connectivity index (χ1) is 17.8. The smallest absolute Gasteiger partial charge is 0.416 e. The van der Waals surface area contributed by atoms with E-state index in [1.54, 1.807) is 0 Å². The molecule has 1 amide bonds. The Morgan fingerprint density at radius 2 is 1.86 bits per heavy atom. The van der Waals surface area contributed by atoms with Crippen molar-refractivity contribution in [3.8, 4) is 5.88 Å². The maximum atomic E-state index is 12.9. The summed E-state index contributed by atoms with van der Waals surface area (Å²) in [6.45, 7) is 5.33. The number of aromatic nitrogens is 1. The van der Waals surface area contributed by atoms with Crippen LogP contribution in [-0.4, -0.2) is 53.0 Å². The molecule has 10 heteroatoms. The van der Waals surface area contributed by atoms with Gasteiger partial charge in [-0.15, -0.1) is 0 Å².